The molecule has 0 aliphatic heterocycles. The molecule has 5 heteroatoms. The molecule has 5 rings (SSSR count). The second-order valence-corrected chi connectivity index (χ2v) is 9.89. The van der Waals surface area contributed by atoms with Crippen molar-refractivity contribution >= 4 is 17.7 Å². The van der Waals surface area contributed by atoms with Crippen molar-refractivity contribution in [3.63, 3.8) is 0 Å². The van der Waals surface area contributed by atoms with Gasteiger partial charge in [-0.25, -0.2) is 4.79 Å². The molecule has 4 bridgehead atoms. The van der Waals surface area contributed by atoms with Gasteiger partial charge < -0.3 is 10.1 Å². The van der Waals surface area contributed by atoms with E-state index < -0.39 is 12.0 Å². The summed E-state index contributed by atoms with van der Waals surface area (Å²) in [6.07, 6.45) is 6.74. The number of benzene rings is 1. The van der Waals surface area contributed by atoms with E-state index >= 15 is 0 Å². The van der Waals surface area contributed by atoms with Crippen molar-refractivity contribution in [1.82, 2.24) is 5.32 Å². The van der Waals surface area contributed by atoms with Gasteiger partial charge in [-0.2, -0.15) is 0 Å². The van der Waals surface area contributed by atoms with Gasteiger partial charge in [0.1, 0.15) is 11.8 Å². The van der Waals surface area contributed by atoms with E-state index in [0.717, 1.165) is 19.3 Å². The van der Waals surface area contributed by atoms with Gasteiger partial charge in [0.25, 0.3) is 0 Å². The van der Waals surface area contributed by atoms with E-state index in [9.17, 15) is 14.4 Å². The topological polar surface area (TPSA) is 72.5 Å². The number of nitrogens with one attached hydrogen (secondary N) is 1. The fourth-order valence-corrected chi connectivity index (χ4v) is 6.12. The van der Waals surface area contributed by atoms with Gasteiger partial charge in [-0.3, -0.25) is 9.59 Å². The predicted molar refractivity (Wildman–Crippen MR) is 109 cm³/mol. The number of carbonyl (C=O) groups is 3. The lowest BCUT2D eigenvalue weighted by Gasteiger charge is -2.55. The van der Waals surface area contributed by atoms with Crippen LogP contribution in [0, 0.1) is 29.1 Å². The van der Waals surface area contributed by atoms with Crippen LogP contribution in [0.3, 0.4) is 0 Å². The Morgan fingerprint density at radius 1 is 0.966 bits per heavy atom. The van der Waals surface area contributed by atoms with Crippen molar-refractivity contribution in [2.45, 2.75) is 65.3 Å². The van der Waals surface area contributed by atoms with Gasteiger partial charge in [0.2, 0.25) is 5.91 Å². The number of Topliss-reactive ketones (excluding diaryl/α,β-unsaturated/α-hetero) is 1. The van der Waals surface area contributed by atoms with Crippen LogP contribution in [-0.4, -0.2) is 23.7 Å². The fourth-order valence-electron chi connectivity index (χ4n) is 6.12. The van der Waals surface area contributed by atoms with Crippen molar-refractivity contribution in [3.05, 3.63) is 29.8 Å². The molecule has 4 fully saturated rings. The first-order chi connectivity index (χ1) is 13.8. The Kier molecular flexibility index (Phi) is 5.26. The number of ketones is 1. The first-order valence-electron chi connectivity index (χ1n) is 10.9. The van der Waals surface area contributed by atoms with Gasteiger partial charge in [0.15, 0.2) is 5.78 Å². The lowest BCUT2D eigenvalue weighted by atomic mass is 9.49. The Bertz CT molecular complexity index is 775. The molecule has 0 spiro atoms. The third-order valence-electron chi connectivity index (χ3n) is 7.21. The molecule has 1 atom stereocenters. The third-order valence-corrected chi connectivity index (χ3v) is 7.21. The van der Waals surface area contributed by atoms with E-state index in [1.54, 1.807) is 24.3 Å². The molecule has 0 heterocycles. The normalized spacial score (nSPS) is 30.8. The van der Waals surface area contributed by atoms with Crippen molar-refractivity contribution in [1.29, 1.82) is 0 Å². The molecular formula is C24H31NO4. The standard InChI is InChI=1S/C24H31NO4/c1-14(2)21(22(27)29-20-6-4-19(5-7-20)15(3)26)25-23(28)24-11-16-8-17(12-24)10-18(9-16)13-24/h4-7,14,16-18,21H,8-13H2,1-3H3,(H,25,28)/t16?,17?,18?,21-,24?/m1/s1. The average molecular weight is 398 g/mol. The Morgan fingerprint density at radius 3 is 1.93 bits per heavy atom. The van der Waals surface area contributed by atoms with Crippen LogP contribution in [-0.2, 0) is 9.59 Å². The molecule has 1 aromatic carbocycles. The number of carbonyl (C=O) groups excluding carboxylic acids is 3. The third kappa shape index (κ3) is 3.96. The van der Waals surface area contributed by atoms with E-state index in [-0.39, 0.29) is 23.0 Å². The Morgan fingerprint density at radius 2 is 1.48 bits per heavy atom. The number of ether oxygens (including phenoxy) is 1. The SMILES string of the molecule is CC(=O)c1ccc(OC(=O)[C@H](NC(=O)C23CC4CC(CC(C4)C2)C3)C(C)C)cc1. The minimum Gasteiger partial charge on any atom is -0.425 e. The smallest absolute Gasteiger partial charge is 0.334 e. The van der Waals surface area contributed by atoms with Gasteiger partial charge in [-0.1, -0.05) is 13.8 Å². The zero-order valence-electron chi connectivity index (χ0n) is 17.6. The molecule has 1 amide bonds. The van der Waals surface area contributed by atoms with Crippen LogP contribution in [0.5, 0.6) is 5.75 Å². The molecule has 156 valence electrons. The van der Waals surface area contributed by atoms with E-state index in [2.05, 4.69) is 5.32 Å². The number of amides is 1. The minimum atomic E-state index is -0.678. The maximum atomic E-state index is 13.3. The average Bonchev–Trinajstić information content (AvgIpc) is 2.64. The highest BCUT2D eigenvalue weighted by atomic mass is 16.5. The molecule has 1 N–H and O–H groups in total. The molecule has 4 aliphatic rings. The highest BCUT2D eigenvalue weighted by Gasteiger charge is 2.55. The quantitative estimate of drug-likeness (QED) is 0.445. The largest absolute Gasteiger partial charge is 0.425 e. The van der Waals surface area contributed by atoms with Crippen LogP contribution in [0.25, 0.3) is 0 Å². The van der Waals surface area contributed by atoms with E-state index in [1.165, 1.54) is 26.2 Å². The van der Waals surface area contributed by atoms with Crippen LogP contribution >= 0.6 is 0 Å². The second-order valence-electron chi connectivity index (χ2n) is 9.89. The minimum absolute atomic E-state index is 0.0363. The fraction of sp³-hybridized carbons (Fsp3) is 0.625. The van der Waals surface area contributed by atoms with Crippen molar-refractivity contribution < 1.29 is 19.1 Å². The van der Waals surface area contributed by atoms with Crippen molar-refractivity contribution in [3.8, 4) is 5.75 Å². The van der Waals surface area contributed by atoms with Crippen molar-refractivity contribution in [2.75, 3.05) is 0 Å². The predicted octanol–water partition coefficient (Wildman–Crippen LogP) is 4.15. The van der Waals surface area contributed by atoms with Gasteiger partial charge in [-0.05, 0) is 93.4 Å². The molecule has 4 aliphatic carbocycles. The first-order valence-corrected chi connectivity index (χ1v) is 10.9. The lowest BCUT2D eigenvalue weighted by molar-refractivity contribution is -0.151. The maximum absolute atomic E-state index is 13.3. The molecule has 5 nitrogen and oxygen atoms in total. The van der Waals surface area contributed by atoms with Crippen molar-refractivity contribution in [2.24, 2.45) is 29.1 Å². The molecule has 4 saturated carbocycles. The van der Waals surface area contributed by atoms with Crippen LogP contribution < -0.4 is 10.1 Å². The zero-order chi connectivity index (χ0) is 20.8. The summed E-state index contributed by atoms with van der Waals surface area (Å²) in [5, 5.41) is 3.06. The highest BCUT2D eigenvalue weighted by molar-refractivity contribution is 5.94. The van der Waals surface area contributed by atoms with Crippen LogP contribution in [0.2, 0.25) is 0 Å². The summed E-state index contributed by atoms with van der Waals surface area (Å²) in [5.41, 5.74) is 0.283. The number of esters is 1. The molecule has 29 heavy (non-hydrogen) atoms. The van der Waals surface area contributed by atoms with E-state index in [4.69, 9.17) is 4.74 Å². The lowest BCUT2D eigenvalue weighted by Crippen LogP contribution is -2.57. The Labute approximate surface area is 172 Å². The maximum Gasteiger partial charge on any atom is 0.334 e. The Balaban J connectivity index is 1.44. The molecular weight excluding hydrogens is 366 g/mol. The molecule has 0 unspecified atom stereocenters. The van der Waals surface area contributed by atoms with E-state index in [1.807, 2.05) is 13.8 Å². The number of hydrogen-bond acceptors (Lipinski definition) is 4. The summed E-state index contributed by atoms with van der Waals surface area (Å²) in [4.78, 5) is 37.6. The summed E-state index contributed by atoms with van der Waals surface area (Å²) in [7, 11) is 0. The zero-order valence-corrected chi connectivity index (χ0v) is 17.6. The summed E-state index contributed by atoms with van der Waals surface area (Å²) in [5.74, 6) is 1.90. The summed E-state index contributed by atoms with van der Waals surface area (Å²) < 4.78 is 5.53. The van der Waals surface area contributed by atoms with Crippen LogP contribution in [0.15, 0.2) is 24.3 Å². The number of hydrogen-bond donors (Lipinski definition) is 1. The monoisotopic (exact) mass is 397 g/mol. The van der Waals surface area contributed by atoms with Crippen LogP contribution in [0.4, 0.5) is 0 Å². The summed E-state index contributed by atoms with van der Waals surface area (Å²) in [6.45, 7) is 5.34. The highest BCUT2D eigenvalue weighted by Crippen LogP contribution is 2.60. The molecule has 0 radical (unpaired) electrons. The Hall–Kier alpha value is -2.17. The first kappa shape index (κ1) is 20.1. The van der Waals surface area contributed by atoms with E-state index in [0.29, 0.717) is 29.1 Å². The second kappa shape index (κ2) is 7.58. The summed E-state index contributed by atoms with van der Waals surface area (Å²) >= 11 is 0. The number of rotatable bonds is 6. The van der Waals surface area contributed by atoms with Gasteiger partial charge >= 0.3 is 5.97 Å². The van der Waals surface area contributed by atoms with Crippen LogP contribution in [0.1, 0.15) is 69.7 Å². The molecule has 0 saturated heterocycles. The van der Waals surface area contributed by atoms with Gasteiger partial charge in [0, 0.05) is 11.0 Å². The van der Waals surface area contributed by atoms with Gasteiger partial charge in [0.05, 0.1) is 0 Å². The summed E-state index contributed by atoms with van der Waals surface area (Å²) in [6, 6.07) is 5.84. The molecule has 0 aromatic heterocycles. The van der Waals surface area contributed by atoms with Gasteiger partial charge in [-0.15, -0.1) is 0 Å². The molecule has 1 aromatic rings.